The van der Waals surface area contributed by atoms with Crippen LogP contribution in [0.25, 0.3) is 0 Å². The molecule has 0 aromatic carbocycles. The van der Waals surface area contributed by atoms with Gasteiger partial charge in [-0.1, -0.05) is 30.4 Å². The minimum atomic E-state index is -0.246. The van der Waals surface area contributed by atoms with Crippen molar-refractivity contribution in [1.29, 1.82) is 0 Å². The van der Waals surface area contributed by atoms with Crippen molar-refractivity contribution in [3.63, 3.8) is 0 Å². The topological polar surface area (TPSA) is 20.2 Å². The first-order chi connectivity index (χ1) is 5.61. The lowest BCUT2D eigenvalue weighted by atomic mass is 9.91. The first kappa shape index (κ1) is 9.27. The van der Waals surface area contributed by atoms with Gasteiger partial charge >= 0.3 is 0 Å². The molecule has 0 fully saturated rings. The van der Waals surface area contributed by atoms with E-state index in [2.05, 4.69) is 18.7 Å². The van der Waals surface area contributed by atoms with Gasteiger partial charge in [0.2, 0.25) is 0 Å². The molecule has 0 saturated heterocycles. The van der Waals surface area contributed by atoms with Gasteiger partial charge in [-0.05, 0) is 25.8 Å². The number of rotatable bonds is 2. The number of aliphatic hydroxyl groups excluding tert-OH is 1. The predicted molar refractivity (Wildman–Crippen MR) is 51.8 cm³/mol. The Morgan fingerprint density at radius 2 is 2.42 bits per heavy atom. The quantitative estimate of drug-likeness (QED) is 0.664. The fraction of sp³-hybridized carbons (Fsp3) is 0.455. The molecule has 12 heavy (non-hydrogen) atoms. The van der Waals surface area contributed by atoms with Gasteiger partial charge < -0.3 is 5.11 Å². The molecule has 1 rings (SSSR count). The summed E-state index contributed by atoms with van der Waals surface area (Å²) in [5, 5.41) is 9.30. The molecular formula is C11H16O. The molecule has 1 nitrogen and oxygen atoms in total. The van der Waals surface area contributed by atoms with Crippen molar-refractivity contribution in [3.05, 3.63) is 36.0 Å². The first-order valence-corrected chi connectivity index (χ1v) is 4.33. The van der Waals surface area contributed by atoms with Crippen LogP contribution in [-0.2, 0) is 0 Å². The summed E-state index contributed by atoms with van der Waals surface area (Å²) in [4.78, 5) is 0. The molecule has 0 amide bonds. The standard InChI is InChI=1S/C11H16O/c1-8(2)10-4-6-11(7-5-10)9(3)12/h4-6,9,11-12H,1,7H2,2-3H3. The van der Waals surface area contributed by atoms with Crippen LogP contribution in [0.3, 0.4) is 0 Å². The minimum absolute atomic E-state index is 0.246. The summed E-state index contributed by atoms with van der Waals surface area (Å²) in [7, 11) is 0. The Hall–Kier alpha value is -0.820. The molecule has 0 aliphatic heterocycles. The van der Waals surface area contributed by atoms with E-state index in [1.165, 1.54) is 5.57 Å². The highest BCUT2D eigenvalue weighted by molar-refractivity contribution is 5.38. The molecule has 0 bridgehead atoms. The maximum atomic E-state index is 9.30. The fourth-order valence-electron chi connectivity index (χ4n) is 1.31. The number of allylic oxidation sites excluding steroid dienone is 4. The summed E-state index contributed by atoms with van der Waals surface area (Å²) >= 11 is 0. The molecule has 1 aliphatic rings. The van der Waals surface area contributed by atoms with Crippen LogP contribution in [0.2, 0.25) is 0 Å². The summed E-state index contributed by atoms with van der Waals surface area (Å²) < 4.78 is 0. The Morgan fingerprint density at radius 3 is 2.75 bits per heavy atom. The largest absolute Gasteiger partial charge is 0.393 e. The molecular weight excluding hydrogens is 148 g/mol. The molecule has 0 aromatic rings. The number of hydrogen-bond acceptors (Lipinski definition) is 1. The van der Waals surface area contributed by atoms with Gasteiger partial charge in [-0.15, -0.1) is 0 Å². The van der Waals surface area contributed by atoms with Gasteiger partial charge in [-0.3, -0.25) is 0 Å². The zero-order valence-corrected chi connectivity index (χ0v) is 7.75. The third-order valence-corrected chi connectivity index (χ3v) is 2.25. The third kappa shape index (κ3) is 2.08. The summed E-state index contributed by atoms with van der Waals surface area (Å²) in [6, 6.07) is 0. The molecule has 1 N–H and O–H groups in total. The molecule has 66 valence electrons. The predicted octanol–water partition coefficient (Wildman–Crippen LogP) is 2.45. The van der Waals surface area contributed by atoms with Crippen LogP contribution < -0.4 is 0 Å². The molecule has 2 unspecified atom stereocenters. The van der Waals surface area contributed by atoms with Crippen LogP contribution in [0, 0.1) is 5.92 Å². The smallest absolute Gasteiger partial charge is 0.0577 e. The van der Waals surface area contributed by atoms with Crippen molar-refractivity contribution in [3.8, 4) is 0 Å². The average molecular weight is 164 g/mol. The molecule has 0 aromatic heterocycles. The van der Waals surface area contributed by atoms with E-state index in [1.807, 2.05) is 19.9 Å². The van der Waals surface area contributed by atoms with Gasteiger partial charge in [0, 0.05) is 5.92 Å². The molecule has 0 heterocycles. The van der Waals surface area contributed by atoms with Gasteiger partial charge in [-0.25, -0.2) is 0 Å². The number of hydrogen-bond donors (Lipinski definition) is 1. The van der Waals surface area contributed by atoms with Crippen molar-refractivity contribution >= 4 is 0 Å². The molecule has 0 radical (unpaired) electrons. The van der Waals surface area contributed by atoms with Gasteiger partial charge in [0.15, 0.2) is 0 Å². The van der Waals surface area contributed by atoms with Crippen LogP contribution in [0.5, 0.6) is 0 Å². The highest BCUT2D eigenvalue weighted by atomic mass is 16.3. The van der Waals surface area contributed by atoms with Crippen molar-refractivity contribution in [2.24, 2.45) is 5.92 Å². The van der Waals surface area contributed by atoms with E-state index >= 15 is 0 Å². The molecule has 1 aliphatic carbocycles. The molecule has 0 saturated carbocycles. The van der Waals surface area contributed by atoms with Crippen molar-refractivity contribution in [2.45, 2.75) is 26.4 Å². The van der Waals surface area contributed by atoms with E-state index in [1.54, 1.807) is 0 Å². The summed E-state index contributed by atoms with van der Waals surface area (Å²) in [6.45, 7) is 7.69. The van der Waals surface area contributed by atoms with Crippen LogP contribution >= 0.6 is 0 Å². The maximum absolute atomic E-state index is 9.30. The van der Waals surface area contributed by atoms with Gasteiger partial charge in [0.1, 0.15) is 0 Å². The second-order valence-corrected chi connectivity index (χ2v) is 3.44. The second-order valence-electron chi connectivity index (χ2n) is 3.44. The zero-order chi connectivity index (χ0) is 9.14. The van der Waals surface area contributed by atoms with Crippen molar-refractivity contribution in [1.82, 2.24) is 0 Å². The molecule has 0 spiro atoms. The SMILES string of the molecule is C=C(C)C1=CCC(C(C)O)C=C1. The van der Waals surface area contributed by atoms with Gasteiger partial charge in [0.25, 0.3) is 0 Å². The molecule has 2 atom stereocenters. The monoisotopic (exact) mass is 164 g/mol. The van der Waals surface area contributed by atoms with Crippen LogP contribution in [0.4, 0.5) is 0 Å². The highest BCUT2D eigenvalue weighted by Crippen LogP contribution is 2.22. The summed E-state index contributed by atoms with van der Waals surface area (Å²) in [6.07, 6.45) is 6.93. The van der Waals surface area contributed by atoms with Crippen LogP contribution in [0.1, 0.15) is 20.3 Å². The Bertz CT molecular complexity index is 233. The van der Waals surface area contributed by atoms with Crippen LogP contribution in [0.15, 0.2) is 36.0 Å². The Balaban J connectivity index is 2.61. The highest BCUT2D eigenvalue weighted by Gasteiger charge is 2.13. The van der Waals surface area contributed by atoms with E-state index in [9.17, 15) is 5.11 Å². The summed E-state index contributed by atoms with van der Waals surface area (Å²) in [5.41, 5.74) is 2.29. The lowest BCUT2D eigenvalue weighted by molar-refractivity contribution is 0.149. The maximum Gasteiger partial charge on any atom is 0.0577 e. The van der Waals surface area contributed by atoms with Crippen molar-refractivity contribution in [2.75, 3.05) is 0 Å². The second kappa shape index (κ2) is 3.72. The lowest BCUT2D eigenvalue weighted by Gasteiger charge is -2.18. The van der Waals surface area contributed by atoms with Gasteiger partial charge in [-0.2, -0.15) is 0 Å². The lowest BCUT2D eigenvalue weighted by Crippen LogP contribution is -2.15. The first-order valence-electron chi connectivity index (χ1n) is 4.33. The fourth-order valence-corrected chi connectivity index (χ4v) is 1.31. The minimum Gasteiger partial charge on any atom is -0.393 e. The van der Waals surface area contributed by atoms with E-state index in [0.717, 1.165) is 12.0 Å². The van der Waals surface area contributed by atoms with E-state index in [4.69, 9.17) is 0 Å². The third-order valence-electron chi connectivity index (χ3n) is 2.25. The Kier molecular flexibility index (Phi) is 2.88. The van der Waals surface area contributed by atoms with E-state index < -0.39 is 0 Å². The van der Waals surface area contributed by atoms with Crippen LogP contribution in [-0.4, -0.2) is 11.2 Å². The number of aliphatic hydroxyl groups is 1. The van der Waals surface area contributed by atoms with Gasteiger partial charge in [0.05, 0.1) is 6.10 Å². The molecule has 1 heteroatoms. The summed E-state index contributed by atoms with van der Waals surface area (Å²) in [5.74, 6) is 0.285. The van der Waals surface area contributed by atoms with Crippen molar-refractivity contribution < 1.29 is 5.11 Å². The van der Waals surface area contributed by atoms with E-state index in [-0.39, 0.29) is 12.0 Å². The zero-order valence-electron chi connectivity index (χ0n) is 7.75. The average Bonchev–Trinajstić information content (AvgIpc) is 2.04. The normalized spacial score (nSPS) is 24.9. The van der Waals surface area contributed by atoms with E-state index in [0.29, 0.717) is 0 Å². The Morgan fingerprint density at radius 1 is 1.75 bits per heavy atom. The Labute approximate surface area is 74.1 Å².